The normalized spacial score (nSPS) is 16.3. The maximum absolute atomic E-state index is 13.7. The quantitative estimate of drug-likeness (QED) is 0.627. The van der Waals surface area contributed by atoms with Crippen LogP contribution in [0.3, 0.4) is 0 Å². The highest BCUT2D eigenvalue weighted by atomic mass is 79.9. The number of epoxide rings is 1. The van der Waals surface area contributed by atoms with E-state index in [1.165, 1.54) is 27.3 Å². The minimum absolute atomic E-state index is 0.0669. The van der Waals surface area contributed by atoms with Crippen LogP contribution in [0.2, 0.25) is 0 Å². The summed E-state index contributed by atoms with van der Waals surface area (Å²) in [5.41, 5.74) is 0.257. The molecule has 0 amide bonds. The Hall–Kier alpha value is -2.25. The molecule has 5 nitrogen and oxygen atoms in total. The van der Waals surface area contributed by atoms with Gasteiger partial charge in [-0.2, -0.15) is 0 Å². The van der Waals surface area contributed by atoms with Crippen LogP contribution >= 0.6 is 15.9 Å². The van der Waals surface area contributed by atoms with Gasteiger partial charge in [-0.1, -0.05) is 28.1 Å². The number of rotatable bonds is 4. The Morgan fingerprint density at radius 2 is 1.84 bits per heavy atom. The van der Waals surface area contributed by atoms with Crippen molar-refractivity contribution < 1.29 is 9.13 Å². The van der Waals surface area contributed by atoms with E-state index in [1.807, 2.05) is 24.3 Å². The molecule has 0 bridgehead atoms. The molecule has 1 saturated heterocycles. The molecule has 0 saturated carbocycles. The van der Waals surface area contributed by atoms with Crippen LogP contribution < -0.4 is 11.2 Å². The van der Waals surface area contributed by atoms with Gasteiger partial charge >= 0.3 is 5.69 Å². The summed E-state index contributed by atoms with van der Waals surface area (Å²) in [6.45, 7) is 1.03. The molecule has 1 aromatic heterocycles. The average molecular weight is 405 g/mol. The predicted molar refractivity (Wildman–Crippen MR) is 95.4 cm³/mol. The van der Waals surface area contributed by atoms with E-state index in [9.17, 15) is 14.0 Å². The van der Waals surface area contributed by atoms with Crippen molar-refractivity contribution in [2.24, 2.45) is 0 Å². The van der Waals surface area contributed by atoms with Gasteiger partial charge in [0.05, 0.1) is 36.7 Å². The van der Waals surface area contributed by atoms with Gasteiger partial charge in [0.1, 0.15) is 5.82 Å². The maximum atomic E-state index is 13.7. The fourth-order valence-corrected chi connectivity index (χ4v) is 3.12. The zero-order valence-corrected chi connectivity index (χ0v) is 14.7. The van der Waals surface area contributed by atoms with Gasteiger partial charge < -0.3 is 4.74 Å². The minimum atomic E-state index is -0.484. The Bertz CT molecular complexity index is 1070. The van der Waals surface area contributed by atoms with Crippen LogP contribution in [0, 0.1) is 5.82 Å². The second-order valence-corrected chi connectivity index (χ2v) is 6.94. The van der Waals surface area contributed by atoms with Crippen LogP contribution in [0.4, 0.5) is 4.39 Å². The standard InChI is InChI=1S/C18H14BrFN2O3/c19-12-3-1-11(2-4-12)8-22-17(23)15-6-5-13(20)7-16(15)21(18(22)24)9-14-10-25-14/h1-7,14H,8-10H2. The molecule has 3 aromatic rings. The average Bonchev–Trinajstić information content (AvgIpc) is 3.41. The highest BCUT2D eigenvalue weighted by Crippen LogP contribution is 2.16. The van der Waals surface area contributed by atoms with E-state index in [-0.39, 0.29) is 12.6 Å². The van der Waals surface area contributed by atoms with Crippen LogP contribution in [0.15, 0.2) is 56.5 Å². The number of fused-ring (bicyclic) bond motifs is 1. The lowest BCUT2D eigenvalue weighted by atomic mass is 10.2. The predicted octanol–water partition coefficient (Wildman–Crippen LogP) is 2.51. The summed E-state index contributed by atoms with van der Waals surface area (Å²) in [6.07, 6.45) is -0.0669. The van der Waals surface area contributed by atoms with Crippen molar-refractivity contribution in [1.29, 1.82) is 0 Å². The second kappa shape index (κ2) is 6.24. The monoisotopic (exact) mass is 404 g/mol. The Balaban J connectivity index is 1.91. The molecule has 1 aliphatic rings. The molecule has 1 atom stereocenters. The molecule has 1 aliphatic heterocycles. The third-order valence-corrected chi connectivity index (χ3v) is 4.76. The number of ether oxygens (including phenoxy) is 1. The molecule has 1 unspecified atom stereocenters. The zero-order valence-electron chi connectivity index (χ0n) is 13.1. The molecule has 0 aliphatic carbocycles. The van der Waals surface area contributed by atoms with E-state index >= 15 is 0 Å². The van der Waals surface area contributed by atoms with Crippen molar-refractivity contribution >= 4 is 26.8 Å². The lowest BCUT2D eigenvalue weighted by Gasteiger charge is -2.13. The van der Waals surface area contributed by atoms with Crippen LogP contribution in [-0.2, 0) is 17.8 Å². The Labute approximate surface area is 150 Å². The van der Waals surface area contributed by atoms with Crippen molar-refractivity contribution in [3.8, 4) is 0 Å². The molecule has 128 valence electrons. The van der Waals surface area contributed by atoms with Gasteiger partial charge in [0, 0.05) is 4.47 Å². The first-order valence-corrected chi connectivity index (χ1v) is 8.61. The molecule has 2 aromatic carbocycles. The number of hydrogen-bond donors (Lipinski definition) is 0. The van der Waals surface area contributed by atoms with E-state index in [4.69, 9.17) is 4.74 Å². The van der Waals surface area contributed by atoms with Crippen molar-refractivity contribution in [1.82, 2.24) is 9.13 Å². The first-order chi connectivity index (χ1) is 12.0. The molecule has 2 heterocycles. The number of benzene rings is 2. The highest BCUT2D eigenvalue weighted by Gasteiger charge is 2.25. The summed E-state index contributed by atoms with van der Waals surface area (Å²) >= 11 is 3.36. The third-order valence-electron chi connectivity index (χ3n) is 4.23. The molecule has 7 heteroatoms. The highest BCUT2D eigenvalue weighted by molar-refractivity contribution is 9.10. The van der Waals surface area contributed by atoms with Crippen LogP contribution in [0.1, 0.15) is 5.56 Å². The fraction of sp³-hybridized carbons (Fsp3) is 0.222. The topological polar surface area (TPSA) is 56.5 Å². The molecular formula is C18H14BrFN2O3. The fourth-order valence-electron chi connectivity index (χ4n) is 2.86. The summed E-state index contributed by atoms with van der Waals surface area (Å²) in [5.74, 6) is -0.484. The van der Waals surface area contributed by atoms with Crippen LogP contribution in [-0.4, -0.2) is 21.8 Å². The summed E-state index contributed by atoms with van der Waals surface area (Å²) < 4.78 is 22.4. The Morgan fingerprint density at radius 1 is 1.12 bits per heavy atom. The molecule has 0 spiro atoms. The third kappa shape index (κ3) is 3.17. The molecular weight excluding hydrogens is 391 g/mol. The Kier molecular flexibility index (Phi) is 4.05. The van der Waals surface area contributed by atoms with E-state index in [0.717, 1.165) is 10.0 Å². The summed E-state index contributed by atoms with van der Waals surface area (Å²) in [4.78, 5) is 25.7. The lowest BCUT2D eigenvalue weighted by Crippen LogP contribution is -2.41. The van der Waals surface area contributed by atoms with Crippen molar-refractivity contribution in [2.45, 2.75) is 19.2 Å². The SMILES string of the molecule is O=c1c2ccc(F)cc2n(CC2CO2)c(=O)n1Cc1ccc(Br)cc1. The maximum Gasteiger partial charge on any atom is 0.331 e. The van der Waals surface area contributed by atoms with Gasteiger partial charge in [-0.15, -0.1) is 0 Å². The Morgan fingerprint density at radius 3 is 2.52 bits per heavy atom. The van der Waals surface area contributed by atoms with E-state index in [1.54, 1.807) is 0 Å². The second-order valence-electron chi connectivity index (χ2n) is 6.03. The van der Waals surface area contributed by atoms with Crippen LogP contribution in [0.5, 0.6) is 0 Å². The van der Waals surface area contributed by atoms with E-state index in [2.05, 4.69) is 15.9 Å². The van der Waals surface area contributed by atoms with Gasteiger partial charge in [0.2, 0.25) is 0 Å². The summed E-state index contributed by atoms with van der Waals surface area (Å²) in [7, 11) is 0. The summed E-state index contributed by atoms with van der Waals surface area (Å²) in [5, 5.41) is 0.318. The molecule has 0 radical (unpaired) electrons. The van der Waals surface area contributed by atoms with Crippen molar-refractivity contribution in [2.75, 3.05) is 6.61 Å². The molecule has 1 fully saturated rings. The largest absolute Gasteiger partial charge is 0.371 e. The number of aromatic nitrogens is 2. The van der Waals surface area contributed by atoms with Crippen LogP contribution in [0.25, 0.3) is 10.9 Å². The zero-order chi connectivity index (χ0) is 17.6. The van der Waals surface area contributed by atoms with Gasteiger partial charge in [-0.05, 0) is 35.9 Å². The lowest BCUT2D eigenvalue weighted by molar-refractivity contribution is 0.379. The van der Waals surface area contributed by atoms with Gasteiger partial charge in [0.15, 0.2) is 0 Å². The summed E-state index contributed by atoms with van der Waals surface area (Å²) in [6, 6.07) is 11.3. The van der Waals surface area contributed by atoms with E-state index in [0.29, 0.717) is 24.1 Å². The first kappa shape index (κ1) is 16.2. The van der Waals surface area contributed by atoms with E-state index < -0.39 is 17.1 Å². The van der Waals surface area contributed by atoms with Crippen molar-refractivity contribution in [3.05, 3.63) is 79.2 Å². The van der Waals surface area contributed by atoms with Gasteiger partial charge in [0.25, 0.3) is 5.56 Å². The minimum Gasteiger partial charge on any atom is -0.371 e. The number of nitrogens with zero attached hydrogens (tertiary/aromatic N) is 2. The number of halogens is 2. The van der Waals surface area contributed by atoms with Gasteiger partial charge in [-0.3, -0.25) is 13.9 Å². The number of hydrogen-bond acceptors (Lipinski definition) is 3. The molecule has 4 rings (SSSR count). The van der Waals surface area contributed by atoms with Gasteiger partial charge in [-0.25, -0.2) is 9.18 Å². The molecule has 25 heavy (non-hydrogen) atoms. The van der Waals surface area contributed by atoms with Crippen molar-refractivity contribution in [3.63, 3.8) is 0 Å². The molecule has 0 N–H and O–H groups in total. The smallest absolute Gasteiger partial charge is 0.331 e. The first-order valence-electron chi connectivity index (χ1n) is 7.82.